The van der Waals surface area contributed by atoms with Gasteiger partial charge in [-0.1, -0.05) is 41.4 Å². The van der Waals surface area contributed by atoms with E-state index in [4.69, 9.17) is 5.73 Å². The Morgan fingerprint density at radius 2 is 2.20 bits per heavy atom. The second-order valence-electron chi connectivity index (χ2n) is 4.53. The van der Waals surface area contributed by atoms with Gasteiger partial charge in [-0.15, -0.1) is 0 Å². The molecule has 0 spiro atoms. The Bertz CT molecular complexity index is 344. The molecule has 15 heavy (non-hydrogen) atoms. The molecule has 1 aliphatic rings. The molecule has 0 heterocycles. The summed E-state index contributed by atoms with van der Waals surface area (Å²) in [4.78, 5) is 0. The topological polar surface area (TPSA) is 26.0 Å². The Morgan fingerprint density at radius 3 is 2.67 bits per heavy atom. The molecule has 0 saturated heterocycles. The molecule has 1 atom stereocenters. The highest BCUT2D eigenvalue weighted by Gasteiger charge is 2.42. The highest BCUT2D eigenvalue weighted by atomic mass is 79.9. The lowest BCUT2D eigenvalue weighted by molar-refractivity contribution is 0.192. The van der Waals surface area contributed by atoms with Crippen molar-refractivity contribution >= 4 is 15.9 Å². The molecule has 1 aromatic carbocycles. The molecule has 0 amide bonds. The van der Waals surface area contributed by atoms with E-state index < -0.39 is 0 Å². The molecule has 2 rings (SSSR count). The molecule has 1 aromatic rings. The average molecular weight is 268 g/mol. The van der Waals surface area contributed by atoms with Gasteiger partial charge in [-0.2, -0.15) is 0 Å². The molecule has 2 N–H and O–H groups in total. The lowest BCUT2D eigenvalue weighted by atomic mass is 9.60. The van der Waals surface area contributed by atoms with E-state index in [1.807, 2.05) is 0 Å². The second kappa shape index (κ2) is 4.26. The van der Waals surface area contributed by atoms with Crippen LogP contribution in [0.5, 0.6) is 0 Å². The van der Waals surface area contributed by atoms with Crippen molar-refractivity contribution in [2.45, 2.75) is 44.1 Å². The third-order valence-electron chi connectivity index (χ3n) is 3.79. The van der Waals surface area contributed by atoms with Crippen molar-refractivity contribution in [3.8, 4) is 0 Å². The van der Waals surface area contributed by atoms with Gasteiger partial charge in [0.2, 0.25) is 0 Å². The molecule has 1 nitrogen and oxygen atoms in total. The van der Waals surface area contributed by atoms with E-state index in [0.29, 0.717) is 6.04 Å². The summed E-state index contributed by atoms with van der Waals surface area (Å²) >= 11 is 3.54. The van der Waals surface area contributed by atoms with Gasteiger partial charge in [-0.05, 0) is 37.0 Å². The highest BCUT2D eigenvalue weighted by molar-refractivity contribution is 9.10. The number of rotatable bonds is 3. The van der Waals surface area contributed by atoms with E-state index in [9.17, 15) is 0 Å². The zero-order chi connectivity index (χ0) is 10.9. The van der Waals surface area contributed by atoms with E-state index in [0.717, 1.165) is 10.9 Å². The van der Waals surface area contributed by atoms with E-state index in [1.54, 1.807) is 0 Å². The largest absolute Gasteiger partial charge is 0.327 e. The number of nitrogens with two attached hydrogens (primary N) is 1. The van der Waals surface area contributed by atoms with Crippen LogP contribution in [0.3, 0.4) is 0 Å². The molecule has 0 aromatic heterocycles. The maximum atomic E-state index is 6.28. The summed E-state index contributed by atoms with van der Waals surface area (Å²) in [7, 11) is 0. The summed E-state index contributed by atoms with van der Waals surface area (Å²) in [5.74, 6) is 0. The van der Waals surface area contributed by atoms with Crippen molar-refractivity contribution in [2.24, 2.45) is 5.73 Å². The summed E-state index contributed by atoms with van der Waals surface area (Å²) in [6, 6.07) is 8.95. The van der Waals surface area contributed by atoms with Crippen molar-refractivity contribution in [1.82, 2.24) is 0 Å². The fourth-order valence-corrected chi connectivity index (χ4v) is 3.02. The molecule has 1 unspecified atom stereocenters. The summed E-state index contributed by atoms with van der Waals surface area (Å²) in [6.07, 6.45) is 4.88. The average Bonchev–Trinajstić information content (AvgIpc) is 2.16. The Kier molecular flexibility index (Phi) is 3.17. The van der Waals surface area contributed by atoms with Crippen LogP contribution in [0.4, 0.5) is 0 Å². The number of hydrogen-bond donors (Lipinski definition) is 1. The monoisotopic (exact) mass is 267 g/mol. The van der Waals surface area contributed by atoms with Gasteiger partial charge in [0.15, 0.2) is 0 Å². The van der Waals surface area contributed by atoms with Crippen LogP contribution in [0, 0.1) is 0 Å². The maximum absolute atomic E-state index is 6.28. The fraction of sp³-hybridized carbons (Fsp3) is 0.538. The van der Waals surface area contributed by atoms with Gasteiger partial charge in [-0.25, -0.2) is 0 Å². The van der Waals surface area contributed by atoms with Crippen LogP contribution in [0.15, 0.2) is 28.7 Å². The first-order chi connectivity index (χ1) is 7.19. The number of halogens is 1. The Hall–Kier alpha value is -0.340. The quantitative estimate of drug-likeness (QED) is 0.890. The minimum absolute atomic E-state index is 0.262. The zero-order valence-electron chi connectivity index (χ0n) is 9.17. The molecule has 1 saturated carbocycles. The van der Waals surface area contributed by atoms with Crippen LogP contribution in [-0.4, -0.2) is 6.04 Å². The summed E-state index contributed by atoms with van der Waals surface area (Å²) < 4.78 is 1.16. The molecule has 2 heteroatoms. The number of hydrogen-bond acceptors (Lipinski definition) is 1. The van der Waals surface area contributed by atoms with Crippen molar-refractivity contribution in [3.05, 3.63) is 34.3 Å². The molecular weight excluding hydrogens is 250 g/mol. The minimum Gasteiger partial charge on any atom is -0.327 e. The predicted molar refractivity (Wildman–Crippen MR) is 67.9 cm³/mol. The van der Waals surface area contributed by atoms with E-state index in [2.05, 4.69) is 47.1 Å². The molecule has 1 fully saturated rings. The summed E-state index contributed by atoms with van der Waals surface area (Å²) in [5.41, 5.74) is 7.96. The maximum Gasteiger partial charge on any atom is 0.0178 e. The third kappa shape index (κ3) is 1.85. The predicted octanol–water partition coefficient (Wildman–Crippen LogP) is 3.61. The minimum atomic E-state index is 0.262. The molecule has 0 aliphatic heterocycles. The van der Waals surface area contributed by atoms with Crippen molar-refractivity contribution in [3.63, 3.8) is 0 Å². The van der Waals surface area contributed by atoms with E-state index in [1.165, 1.54) is 24.8 Å². The zero-order valence-corrected chi connectivity index (χ0v) is 10.8. The fourth-order valence-electron chi connectivity index (χ4n) is 2.62. The first-order valence-electron chi connectivity index (χ1n) is 5.70. The van der Waals surface area contributed by atoms with Gasteiger partial charge >= 0.3 is 0 Å². The van der Waals surface area contributed by atoms with Gasteiger partial charge in [0, 0.05) is 15.9 Å². The van der Waals surface area contributed by atoms with Gasteiger partial charge in [0.05, 0.1) is 0 Å². The van der Waals surface area contributed by atoms with Crippen molar-refractivity contribution in [1.29, 1.82) is 0 Å². The lowest BCUT2D eigenvalue weighted by Gasteiger charge is -2.47. The van der Waals surface area contributed by atoms with Crippen LogP contribution >= 0.6 is 15.9 Å². The van der Waals surface area contributed by atoms with Crippen molar-refractivity contribution < 1.29 is 0 Å². The van der Waals surface area contributed by atoms with Gasteiger partial charge in [-0.3, -0.25) is 0 Å². The first-order valence-corrected chi connectivity index (χ1v) is 6.50. The molecule has 0 radical (unpaired) electrons. The SMILES string of the molecule is CCC(N)C1(c2cccc(Br)c2)CCC1. The van der Waals surface area contributed by atoms with Gasteiger partial charge in [0.1, 0.15) is 0 Å². The second-order valence-corrected chi connectivity index (χ2v) is 5.45. The Labute approximate surface area is 100 Å². The van der Waals surface area contributed by atoms with Crippen molar-refractivity contribution in [2.75, 3.05) is 0 Å². The summed E-state index contributed by atoms with van der Waals surface area (Å²) in [5, 5.41) is 0. The molecule has 0 bridgehead atoms. The Morgan fingerprint density at radius 1 is 1.47 bits per heavy atom. The molecule has 1 aliphatic carbocycles. The van der Waals surface area contributed by atoms with Crippen LogP contribution in [0.1, 0.15) is 38.2 Å². The van der Waals surface area contributed by atoms with Crippen LogP contribution in [0.25, 0.3) is 0 Å². The van der Waals surface area contributed by atoms with E-state index in [-0.39, 0.29) is 5.41 Å². The lowest BCUT2D eigenvalue weighted by Crippen LogP contribution is -2.50. The third-order valence-corrected chi connectivity index (χ3v) is 4.29. The first kappa shape index (κ1) is 11.2. The Balaban J connectivity index is 2.34. The van der Waals surface area contributed by atoms with Gasteiger partial charge in [0.25, 0.3) is 0 Å². The number of benzene rings is 1. The van der Waals surface area contributed by atoms with E-state index >= 15 is 0 Å². The van der Waals surface area contributed by atoms with Crippen LogP contribution in [0.2, 0.25) is 0 Å². The normalized spacial score (nSPS) is 20.7. The standard InChI is InChI=1S/C13H18BrN/c1-2-12(15)13(7-4-8-13)10-5-3-6-11(14)9-10/h3,5-6,9,12H,2,4,7-8,15H2,1H3. The molecule has 82 valence electrons. The van der Waals surface area contributed by atoms with Gasteiger partial charge < -0.3 is 5.73 Å². The van der Waals surface area contributed by atoms with Crippen LogP contribution < -0.4 is 5.73 Å². The van der Waals surface area contributed by atoms with Crippen LogP contribution in [-0.2, 0) is 5.41 Å². The summed E-state index contributed by atoms with van der Waals surface area (Å²) in [6.45, 7) is 2.18. The highest BCUT2D eigenvalue weighted by Crippen LogP contribution is 2.46. The molecular formula is C13H18BrN. The smallest absolute Gasteiger partial charge is 0.0178 e.